The molecule has 0 N–H and O–H groups in total. The van der Waals surface area contributed by atoms with Crippen LogP contribution in [0.1, 0.15) is 24.0 Å². The number of carbonyl (C=O) groups excluding carboxylic acids is 1. The van der Waals surface area contributed by atoms with Crippen LogP contribution < -0.4 is 4.90 Å². The molecule has 0 saturated carbocycles. The highest BCUT2D eigenvalue weighted by Crippen LogP contribution is 2.21. The minimum Gasteiger partial charge on any atom is -0.369 e. The lowest BCUT2D eigenvalue weighted by Gasteiger charge is -2.36. The van der Waals surface area contributed by atoms with E-state index in [2.05, 4.69) is 64.4 Å². The molecule has 3 rings (SSSR count). The molecule has 0 amide bonds. The van der Waals surface area contributed by atoms with Gasteiger partial charge in [0.15, 0.2) is 0 Å². The molecule has 3 nitrogen and oxygen atoms in total. The smallest absolute Gasteiger partial charge is 0.127 e. The fourth-order valence-corrected chi connectivity index (χ4v) is 3.07. The van der Waals surface area contributed by atoms with Crippen molar-refractivity contribution in [1.29, 1.82) is 0 Å². The SMILES string of the molecule is CC(C=O)c1ccc(N2CCN(Cc3ccccc3)CC2)cc1. The van der Waals surface area contributed by atoms with Crippen molar-refractivity contribution in [2.24, 2.45) is 0 Å². The molecule has 1 fully saturated rings. The average Bonchev–Trinajstić information content (AvgIpc) is 2.63. The number of hydrogen-bond acceptors (Lipinski definition) is 3. The van der Waals surface area contributed by atoms with Crippen molar-refractivity contribution < 1.29 is 4.79 Å². The van der Waals surface area contributed by atoms with Crippen LogP contribution in [0.4, 0.5) is 5.69 Å². The summed E-state index contributed by atoms with van der Waals surface area (Å²) in [6, 6.07) is 19.1. The Labute approximate surface area is 138 Å². The minimum atomic E-state index is -0.0215. The van der Waals surface area contributed by atoms with Gasteiger partial charge in [-0.1, -0.05) is 49.4 Å². The van der Waals surface area contributed by atoms with Crippen LogP contribution in [0.3, 0.4) is 0 Å². The second-order valence-corrected chi connectivity index (χ2v) is 6.27. The number of carbonyl (C=O) groups is 1. The molecule has 1 heterocycles. The summed E-state index contributed by atoms with van der Waals surface area (Å²) in [5, 5.41) is 0. The molecular weight excluding hydrogens is 284 g/mol. The number of benzene rings is 2. The fraction of sp³-hybridized carbons (Fsp3) is 0.350. The van der Waals surface area contributed by atoms with Crippen LogP contribution in [0.25, 0.3) is 0 Å². The lowest BCUT2D eigenvalue weighted by molar-refractivity contribution is -0.108. The third-order valence-electron chi connectivity index (χ3n) is 4.61. The van der Waals surface area contributed by atoms with Gasteiger partial charge in [0.1, 0.15) is 6.29 Å². The average molecular weight is 308 g/mol. The molecule has 23 heavy (non-hydrogen) atoms. The third-order valence-corrected chi connectivity index (χ3v) is 4.61. The maximum Gasteiger partial charge on any atom is 0.127 e. The quantitative estimate of drug-likeness (QED) is 0.792. The molecule has 3 heteroatoms. The van der Waals surface area contributed by atoms with Gasteiger partial charge >= 0.3 is 0 Å². The number of anilines is 1. The first-order valence-electron chi connectivity index (χ1n) is 8.33. The van der Waals surface area contributed by atoms with E-state index in [1.54, 1.807) is 0 Å². The Morgan fingerprint density at radius 1 is 0.957 bits per heavy atom. The van der Waals surface area contributed by atoms with Crippen LogP contribution >= 0.6 is 0 Å². The van der Waals surface area contributed by atoms with Gasteiger partial charge in [-0.25, -0.2) is 0 Å². The Kier molecular flexibility index (Phi) is 5.09. The molecule has 0 radical (unpaired) electrons. The van der Waals surface area contributed by atoms with E-state index in [1.165, 1.54) is 11.3 Å². The maximum atomic E-state index is 10.9. The van der Waals surface area contributed by atoms with E-state index in [0.717, 1.165) is 44.6 Å². The monoisotopic (exact) mass is 308 g/mol. The van der Waals surface area contributed by atoms with E-state index in [4.69, 9.17) is 0 Å². The molecule has 0 spiro atoms. The summed E-state index contributed by atoms with van der Waals surface area (Å²) in [4.78, 5) is 15.8. The van der Waals surface area contributed by atoms with Gasteiger partial charge in [0.25, 0.3) is 0 Å². The van der Waals surface area contributed by atoms with Crippen molar-refractivity contribution in [1.82, 2.24) is 4.90 Å². The highest BCUT2D eigenvalue weighted by molar-refractivity contribution is 5.62. The molecule has 120 valence electrons. The Bertz CT molecular complexity index is 616. The lowest BCUT2D eigenvalue weighted by atomic mass is 10.0. The largest absolute Gasteiger partial charge is 0.369 e. The van der Waals surface area contributed by atoms with E-state index in [9.17, 15) is 4.79 Å². The maximum absolute atomic E-state index is 10.9. The molecular formula is C20H24N2O. The molecule has 0 aliphatic carbocycles. The topological polar surface area (TPSA) is 23.6 Å². The fourth-order valence-electron chi connectivity index (χ4n) is 3.07. The molecule has 2 aromatic rings. The van der Waals surface area contributed by atoms with Gasteiger partial charge in [0.2, 0.25) is 0 Å². The molecule has 1 unspecified atom stereocenters. The van der Waals surface area contributed by atoms with E-state index >= 15 is 0 Å². The number of aldehydes is 1. The van der Waals surface area contributed by atoms with E-state index in [0.29, 0.717) is 0 Å². The number of piperazine rings is 1. The molecule has 1 aliphatic rings. The first kappa shape index (κ1) is 15.8. The summed E-state index contributed by atoms with van der Waals surface area (Å²) in [6.07, 6.45) is 0.997. The van der Waals surface area contributed by atoms with Crippen molar-refractivity contribution in [3.05, 3.63) is 65.7 Å². The predicted molar refractivity (Wildman–Crippen MR) is 94.9 cm³/mol. The highest BCUT2D eigenvalue weighted by Gasteiger charge is 2.17. The minimum absolute atomic E-state index is 0.0215. The summed E-state index contributed by atoms with van der Waals surface area (Å²) in [6.45, 7) is 7.24. The Morgan fingerprint density at radius 2 is 1.61 bits per heavy atom. The second-order valence-electron chi connectivity index (χ2n) is 6.27. The van der Waals surface area contributed by atoms with E-state index in [-0.39, 0.29) is 5.92 Å². The third kappa shape index (κ3) is 3.99. The van der Waals surface area contributed by atoms with Crippen LogP contribution in [0.15, 0.2) is 54.6 Å². The van der Waals surface area contributed by atoms with Crippen molar-refractivity contribution in [3.63, 3.8) is 0 Å². The Hall–Kier alpha value is -2.13. The molecule has 1 atom stereocenters. The molecule has 0 bridgehead atoms. The van der Waals surface area contributed by atoms with Crippen LogP contribution in [0.5, 0.6) is 0 Å². The number of nitrogens with zero attached hydrogens (tertiary/aromatic N) is 2. The molecule has 1 saturated heterocycles. The van der Waals surface area contributed by atoms with Crippen LogP contribution in [-0.2, 0) is 11.3 Å². The number of hydrogen-bond donors (Lipinski definition) is 0. The zero-order chi connectivity index (χ0) is 16.1. The zero-order valence-electron chi connectivity index (χ0n) is 13.7. The van der Waals surface area contributed by atoms with E-state index in [1.807, 2.05) is 6.92 Å². The van der Waals surface area contributed by atoms with Gasteiger partial charge in [0, 0.05) is 44.3 Å². The summed E-state index contributed by atoms with van der Waals surface area (Å²) in [7, 11) is 0. The normalized spacial score (nSPS) is 17.0. The standard InChI is InChI=1S/C20H24N2O/c1-17(16-23)19-7-9-20(10-8-19)22-13-11-21(12-14-22)15-18-5-3-2-4-6-18/h2-10,16-17H,11-15H2,1H3. The first-order valence-corrected chi connectivity index (χ1v) is 8.33. The van der Waals surface area contributed by atoms with Gasteiger partial charge in [-0.3, -0.25) is 4.90 Å². The van der Waals surface area contributed by atoms with Crippen molar-refractivity contribution in [2.75, 3.05) is 31.1 Å². The van der Waals surface area contributed by atoms with Crippen LogP contribution in [-0.4, -0.2) is 37.4 Å². The van der Waals surface area contributed by atoms with Gasteiger partial charge in [-0.2, -0.15) is 0 Å². The first-order chi connectivity index (χ1) is 11.3. The lowest BCUT2D eigenvalue weighted by Crippen LogP contribution is -2.45. The number of rotatable bonds is 5. The molecule has 0 aromatic heterocycles. The Balaban J connectivity index is 1.55. The van der Waals surface area contributed by atoms with Gasteiger partial charge in [-0.05, 0) is 23.3 Å². The Morgan fingerprint density at radius 3 is 2.22 bits per heavy atom. The van der Waals surface area contributed by atoms with Gasteiger partial charge < -0.3 is 9.69 Å². The van der Waals surface area contributed by atoms with Crippen molar-refractivity contribution >= 4 is 12.0 Å². The van der Waals surface area contributed by atoms with Gasteiger partial charge in [-0.15, -0.1) is 0 Å². The zero-order valence-corrected chi connectivity index (χ0v) is 13.7. The predicted octanol–water partition coefficient (Wildman–Crippen LogP) is 3.31. The van der Waals surface area contributed by atoms with E-state index < -0.39 is 0 Å². The van der Waals surface area contributed by atoms with Crippen molar-refractivity contribution in [2.45, 2.75) is 19.4 Å². The second kappa shape index (κ2) is 7.42. The van der Waals surface area contributed by atoms with Gasteiger partial charge in [0.05, 0.1) is 0 Å². The highest BCUT2D eigenvalue weighted by atomic mass is 16.1. The molecule has 1 aliphatic heterocycles. The van der Waals surface area contributed by atoms with Crippen LogP contribution in [0, 0.1) is 0 Å². The van der Waals surface area contributed by atoms with Crippen molar-refractivity contribution in [3.8, 4) is 0 Å². The molecule has 2 aromatic carbocycles. The summed E-state index contributed by atoms with van der Waals surface area (Å²) >= 11 is 0. The summed E-state index contributed by atoms with van der Waals surface area (Å²) in [5.41, 5.74) is 3.73. The summed E-state index contributed by atoms with van der Waals surface area (Å²) < 4.78 is 0. The van der Waals surface area contributed by atoms with Crippen LogP contribution in [0.2, 0.25) is 0 Å². The summed E-state index contributed by atoms with van der Waals surface area (Å²) in [5.74, 6) is -0.0215.